The summed E-state index contributed by atoms with van der Waals surface area (Å²) < 4.78 is 0. The molecule has 0 spiro atoms. The predicted octanol–water partition coefficient (Wildman–Crippen LogP) is 1.94. The lowest BCUT2D eigenvalue weighted by Crippen LogP contribution is -2.24. The second-order valence-electron chi connectivity index (χ2n) is 3.49. The van der Waals surface area contributed by atoms with Crippen LogP contribution in [0.4, 0.5) is 0 Å². The molecule has 1 aromatic carbocycles. The highest BCUT2D eigenvalue weighted by Crippen LogP contribution is 2.10. The number of halogens is 1. The van der Waals surface area contributed by atoms with Crippen LogP contribution in [0.15, 0.2) is 36.4 Å². The number of amides is 1. The van der Waals surface area contributed by atoms with Crippen LogP contribution in [0.2, 0.25) is 5.02 Å². The molecule has 0 aromatic heterocycles. The van der Waals surface area contributed by atoms with E-state index in [0.717, 1.165) is 17.7 Å². The largest absolute Gasteiger partial charge is 0.478 e. The standard InChI is InChI=1S/C12H12ClNO3/c1-14(11(15)6-7-12(16)17)8-9-2-4-10(13)5-3-9/h2-7H,8H2,1H3,(H,16,17)/b7-6+. The number of carbonyl (C=O) groups is 2. The molecule has 0 aliphatic rings. The summed E-state index contributed by atoms with van der Waals surface area (Å²) in [7, 11) is 1.60. The number of rotatable bonds is 4. The Morgan fingerprint density at radius 3 is 2.41 bits per heavy atom. The van der Waals surface area contributed by atoms with Gasteiger partial charge in [-0.25, -0.2) is 4.79 Å². The van der Waals surface area contributed by atoms with E-state index < -0.39 is 5.97 Å². The summed E-state index contributed by atoms with van der Waals surface area (Å²) in [4.78, 5) is 23.1. The Morgan fingerprint density at radius 1 is 1.29 bits per heavy atom. The molecule has 1 aromatic rings. The average molecular weight is 254 g/mol. The Labute approximate surface area is 104 Å². The molecule has 1 rings (SSSR count). The van der Waals surface area contributed by atoms with Crippen molar-refractivity contribution >= 4 is 23.5 Å². The number of aliphatic carboxylic acids is 1. The van der Waals surface area contributed by atoms with Crippen LogP contribution in [0, 0.1) is 0 Å². The minimum absolute atomic E-state index is 0.359. The third-order valence-electron chi connectivity index (χ3n) is 2.08. The fourth-order valence-corrected chi connectivity index (χ4v) is 1.34. The number of nitrogens with zero attached hydrogens (tertiary/aromatic N) is 1. The first-order valence-corrected chi connectivity index (χ1v) is 5.27. The van der Waals surface area contributed by atoms with E-state index in [1.807, 2.05) is 12.1 Å². The van der Waals surface area contributed by atoms with Gasteiger partial charge in [-0.1, -0.05) is 23.7 Å². The number of carboxylic acids is 1. The normalized spacial score (nSPS) is 10.5. The van der Waals surface area contributed by atoms with Crippen LogP contribution in [0.25, 0.3) is 0 Å². The molecule has 0 aliphatic carbocycles. The van der Waals surface area contributed by atoms with Gasteiger partial charge < -0.3 is 10.0 Å². The van der Waals surface area contributed by atoms with Crippen molar-refractivity contribution in [1.29, 1.82) is 0 Å². The summed E-state index contributed by atoms with van der Waals surface area (Å²) in [5, 5.41) is 9.03. The van der Waals surface area contributed by atoms with Crippen molar-refractivity contribution in [3.8, 4) is 0 Å². The lowest BCUT2D eigenvalue weighted by Gasteiger charge is -2.14. The van der Waals surface area contributed by atoms with Gasteiger partial charge in [0.1, 0.15) is 0 Å². The van der Waals surface area contributed by atoms with Crippen LogP contribution in [-0.4, -0.2) is 28.9 Å². The quantitative estimate of drug-likeness (QED) is 0.835. The summed E-state index contributed by atoms with van der Waals surface area (Å²) in [5.74, 6) is -1.50. The van der Waals surface area contributed by atoms with Crippen LogP contribution >= 0.6 is 11.6 Å². The first-order valence-electron chi connectivity index (χ1n) is 4.89. The number of hydrogen-bond donors (Lipinski definition) is 1. The van der Waals surface area contributed by atoms with Crippen molar-refractivity contribution in [2.45, 2.75) is 6.54 Å². The molecule has 0 heterocycles. The maximum Gasteiger partial charge on any atom is 0.328 e. The van der Waals surface area contributed by atoms with Crippen LogP contribution in [0.1, 0.15) is 5.56 Å². The topological polar surface area (TPSA) is 57.6 Å². The fraction of sp³-hybridized carbons (Fsp3) is 0.167. The number of carboxylic acid groups (broad SMARTS) is 1. The maximum atomic E-state index is 11.5. The summed E-state index contributed by atoms with van der Waals surface area (Å²) in [6, 6.07) is 7.10. The van der Waals surface area contributed by atoms with E-state index in [2.05, 4.69) is 0 Å². The van der Waals surface area contributed by atoms with Crippen molar-refractivity contribution in [2.75, 3.05) is 7.05 Å². The van der Waals surface area contributed by atoms with E-state index in [-0.39, 0.29) is 5.91 Å². The minimum atomic E-state index is -1.14. The molecule has 0 saturated heterocycles. The molecule has 0 saturated carbocycles. The van der Waals surface area contributed by atoms with E-state index in [4.69, 9.17) is 16.7 Å². The Balaban J connectivity index is 2.59. The number of hydrogen-bond acceptors (Lipinski definition) is 2. The average Bonchev–Trinajstić information content (AvgIpc) is 2.28. The highest BCUT2D eigenvalue weighted by molar-refractivity contribution is 6.30. The third-order valence-corrected chi connectivity index (χ3v) is 2.33. The summed E-state index contributed by atoms with van der Waals surface area (Å²) in [6.07, 6.45) is 1.85. The lowest BCUT2D eigenvalue weighted by molar-refractivity contribution is -0.132. The van der Waals surface area contributed by atoms with Crippen LogP contribution in [-0.2, 0) is 16.1 Å². The van der Waals surface area contributed by atoms with E-state index in [0.29, 0.717) is 11.6 Å². The van der Waals surface area contributed by atoms with E-state index in [1.165, 1.54) is 4.90 Å². The molecular formula is C12H12ClNO3. The molecule has 0 unspecified atom stereocenters. The van der Waals surface area contributed by atoms with Crippen LogP contribution < -0.4 is 0 Å². The van der Waals surface area contributed by atoms with Gasteiger partial charge in [0.25, 0.3) is 0 Å². The number of carbonyl (C=O) groups excluding carboxylic acids is 1. The van der Waals surface area contributed by atoms with Gasteiger partial charge in [-0.05, 0) is 17.7 Å². The SMILES string of the molecule is CN(Cc1ccc(Cl)cc1)C(=O)/C=C/C(=O)O. The summed E-state index contributed by atoms with van der Waals surface area (Å²) >= 11 is 5.74. The summed E-state index contributed by atoms with van der Waals surface area (Å²) in [5.41, 5.74) is 0.925. The zero-order valence-electron chi connectivity index (χ0n) is 9.26. The molecule has 0 bridgehead atoms. The second kappa shape index (κ2) is 6.06. The third kappa shape index (κ3) is 4.70. The van der Waals surface area contributed by atoms with Gasteiger partial charge in [-0.3, -0.25) is 4.79 Å². The molecule has 17 heavy (non-hydrogen) atoms. The minimum Gasteiger partial charge on any atom is -0.478 e. The fourth-order valence-electron chi connectivity index (χ4n) is 1.21. The van der Waals surface area contributed by atoms with Crippen LogP contribution in [0.5, 0.6) is 0 Å². The van der Waals surface area contributed by atoms with Crippen molar-refractivity contribution in [2.24, 2.45) is 0 Å². The van der Waals surface area contributed by atoms with E-state index >= 15 is 0 Å². The van der Waals surface area contributed by atoms with E-state index in [1.54, 1.807) is 19.2 Å². The molecule has 4 nitrogen and oxygen atoms in total. The molecule has 1 N–H and O–H groups in total. The molecular weight excluding hydrogens is 242 g/mol. The molecule has 0 atom stereocenters. The Bertz CT molecular complexity index is 440. The first kappa shape index (κ1) is 13.3. The van der Waals surface area contributed by atoms with Crippen molar-refractivity contribution in [3.05, 3.63) is 47.0 Å². The van der Waals surface area contributed by atoms with E-state index in [9.17, 15) is 9.59 Å². The summed E-state index contributed by atoms with van der Waals surface area (Å²) in [6.45, 7) is 0.403. The Hall–Kier alpha value is -1.81. The van der Waals surface area contributed by atoms with Crippen molar-refractivity contribution < 1.29 is 14.7 Å². The molecule has 0 radical (unpaired) electrons. The second-order valence-corrected chi connectivity index (χ2v) is 3.93. The Morgan fingerprint density at radius 2 is 1.88 bits per heavy atom. The van der Waals surface area contributed by atoms with Gasteiger partial charge in [-0.2, -0.15) is 0 Å². The molecule has 0 fully saturated rings. The van der Waals surface area contributed by atoms with Crippen LogP contribution in [0.3, 0.4) is 0 Å². The zero-order valence-corrected chi connectivity index (χ0v) is 10.0. The zero-order chi connectivity index (χ0) is 12.8. The van der Waals surface area contributed by atoms with Gasteiger partial charge in [0, 0.05) is 30.8 Å². The maximum absolute atomic E-state index is 11.5. The molecule has 5 heteroatoms. The first-order chi connectivity index (χ1) is 7.99. The molecule has 1 amide bonds. The van der Waals surface area contributed by atoms with Crippen molar-refractivity contribution in [1.82, 2.24) is 4.90 Å². The molecule has 0 aliphatic heterocycles. The molecule has 90 valence electrons. The number of likely N-dealkylation sites (N-methyl/N-ethyl adjacent to an activating group) is 1. The van der Waals surface area contributed by atoms with Crippen molar-refractivity contribution in [3.63, 3.8) is 0 Å². The van der Waals surface area contributed by atoms with Gasteiger partial charge in [-0.15, -0.1) is 0 Å². The van der Waals surface area contributed by atoms with Gasteiger partial charge in [0.05, 0.1) is 0 Å². The van der Waals surface area contributed by atoms with Gasteiger partial charge in [0.2, 0.25) is 5.91 Å². The number of benzene rings is 1. The highest BCUT2D eigenvalue weighted by atomic mass is 35.5. The smallest absolute Gasteiger partial charge is 0.328 e. The highest BCUT2D eigenvalue weighted by Gasteiger charge is 2.06. The lowest BCUT2D eigenvalue weighted by atomic mass is 10.2. The monoisotopic (exact) mass is 253 g/mol. The van der Waals surface area contributed by atoms with Gasteiger partial charge >= 0.3 is 5.97 Å². The Kier molecular flexibility index (Phi) is 4.72. The van der Waals surface area contributed by atoms with Gasteiger partial charge in [0.15, 0.2) is 0 Å². The predicted molar refractivity (Wildman–Crippen MR) is 64.7 cm³/mol.